The van der Waals surface area contributed by atoms with Crippen molar-refractivity contribution >= 4 is 12.0 Å². The molecule has 1 rings (SSSR count). The van der Waals surface area contributed by atoms with E-state index in [4.69, 9.17) is 10.2 Å². The number of nitrogens with zero attached hydrogens (tertiary/aromatic N) is 1. The maximum atomic E-state index is 12.3. The highest BCUT2D eigenvalue weighted by Crippen LogP contribution is 2.24. The van der Waals surface area contributed by atoms with Gasteiger partial charge < -0.3 is 20.4 Å². The van der Waals surface area contributed by atoms with E-state index in [9.17, 15) is 18.4 Å². The fourth-order valence-corrected chi connectivity index (χ4v) is 2.31. The molecule has 2 amide bonds. The lowest BCUT2D eigenvalue weighted by atomic mass is 9.86. The lowest BCUT2D eigenvalue weighted by Crippen LogP contribution is -2.48. The van der Waals surface area contributed by atoms with Gasteiger partial charge >= 0.3 is 12.0 Å². The van der Waals surface area contributed by atoms with Crippen molar-refractivity contribution in [2.45, 2.75) is 38.2 Å². The fourth-order valence-electron chi connectivity index (χ4n) is 2.31. The van der Waals surface area contributed by atoms with Crippen molar-refractivity contribution in [1.29, 1.82) is 0 Å². The van der Waals surface area contributed by atoms with Crippen molar-refractivity contribution in [3.63, 3.8) is 0 Å². The molecule has 1 fully saturated rings. The van der Waals surface area contributed by atoms with Gasteiger partial charge in [-0.05, 0) is 25.7 Å². The van der Waals surface area contributed by atoms with Crippen LogP contribution in [0.4, 0.5) is 13.6 Å². The highest BCUT2D eigenvalue weighted by molar-refractivity contribution is 5.74. The molecule has 0 unspecified atom stereocenters. The largest absolute Gasteiger partial charge is 0.481 e. The SMILES string of the molecule is O=C(O)C1CCC(NC(=O)N(CCO)CC(F)F)CC1. The van der Waals surface area contributed by atoms with Gasteiger partial charge in [-0.25, -0.2) is 13.6 Å². The third-order valence-electron chi connectivity index (χ3n) is 3.42. The summed E-state index contributed by atoms with van der Waals surface area (Å²) in [4.78, 5) is 23.5. The Morgan fingerprint density at radius 2 is 1.85 bits per heavy atom. The van der Waals surface area contributed by atoms with E-state index in [0.29, 0.717) is 25.7 Å². The van der Waals surface area contributed by atoms with Crippen molar-refractivity contribution in [1.82, 2.24) is 10.2 Å². The molecule has 3 N–H and O–H groups in total. The van der Waals surface area contributed by atoms with Crippen molar-refractivity contribution in [2.24, 2.45) is 5.92 Å². The predicted octanol–water partition coefficient (Wildman–Crippen LogP) is 0.899. The number of carbonyl (C=O) groups excluding carboxylic acids is 1. The van der Waals surface area contributed by atoms with Gasteiger partial charge in [0.15, 0.2) is 0 Å². The van der Waals surface area contributed by atoms with E-state index in [1.165, 1.54) is 0 Å². The minimum Gasteiger partial charge on any atom is -0.481 e. The molecule has 1 saturated carbocycles. The topological polar surface area (TPSA) is 89.9 Å². The highest BCUT2D eigenvalue weighted by atomic mass is 19.3. The molecule has 0 radical (unpaired) electrons. The number of nitrogens with one attached hydrogen (secondary N) is 1. The van der Waals surface area contributed by atoms with Crippen LogP contribution in [0.3, 0.4) is 0 Å². The maximum Gasteiger partial charge on any atom is 0.317 e. The van der Waals surface area contributed by atoms with Gasteiger partial charge in [0.1, 0.15) is 0 Å². The summed E-state index contributed by atoms with van der Waals surface area (Å²) >= 11 is 0. The molecule has 1 aliphatic rings. The molecule has 6 nitrogen and oxygen atoms in total. The van der Waals surface area contributed by atoms with E-state index in [1.54, 1.807) is 0 Å². The Kier molecular flexibility index (Phi) is 6.63. The van der Waals surface area contributed by atoms with E-state index < -0.39 is 30.9 Å². The van der Waals surface area contributed by atoms with Crippen LogP contribution in [0.5, 0.6) is 0 Å². The highest BCUT2D eigenvalue weighted by Gasteiger charge is 2.28. The van der Waals surface area contributed by atoms with E-state index in [0.717, 1.165) is 4.90 Å². The molecule has 0 aromatic rings. The van der Waals surface area contributed by atoms with Crippen LogP contribution in [0.2, 0.25) is 0 Å². The summed E-state index contributed by atoms with van der Waals surface area (Å²) in [6, 6.07) is -0.838. The summed E-state index contributed by atoms with van der Waals surface area (Å²) < 4.78 is 24.6. The lowest BCUT2D eigenvalue weighted by molar-refractivity contribution is -0.142. The van der Waals surface area contributed by atoms with E-state index in [-0.39, 0.29) is 19.2 Å². The van der Waals surface area contributed by atoms with Gasteiger partial charge in [0, 0.05) is 12.6 Å². The molecule has 0 saturated heterocycles. The van der Waals surface area contributed by atoms with E-state index in [2.05, 4.69) is 5.32 Å². The van der Waals surface area contributed by atoms with Crippen LogP contribution >= 0.6 is 0 Å². The first kappa shape index (κ1) is 16.6. The van der Waals surface area contributed by atoms with Crippen LogP contribution in [0.15, 0.2) is 0 Å². The summed E-state index contributed by atoms with van der Waals surface area (Å²) in [5, 5.41) is 20.2. The predicted molar refractivity (Wildman–Crippen MR) is 66.6 cm³/mol. The summed E-state index contributed by atoms with van der Waals surface area (Å²) in [5.41, 5.74) is 0. The number of aliphatic hydroxyl groups excluding tert-OH is 1. The van der Waals surface area contributed by atoms with Gasteiger partial charge in [-0.3, -0.25) is 4.79 Å². The zero-order valence-corrected chi connectivity index (χ0v) is 11.1. The quantitative estimate of drug-likeness (QED) is 0.679. The maximum absolute atomic E-state index is 12.3. The van der Waals surface area contributed by atoms with Crippen LogP contribution in [-0.4, -0.2) is 59.3 Å². The van der Waals surface area contributed by atoms with Crippen molar-refractivity contribution < 1.29 is 28.6 Å². The second kappa shape index (κ2) is 7.98. The molecule has 0 spiro atoms. The molecule has 116 valence electrons. The van der Waals surface area contributed by atoms with Crippen molar-refractivity contribution in [2.75, 3.05) is 19.7 Å². The Balaban J connectivity index is 2.42. The number of hydrogen-bond donors (Lipinski definition) is 3. The molecular formula is C12H20F2N2O4. The van der Waals surface area contributed by atoms with Gasteiger partial charge in [-0.15, -0.1) is 0 Å². The Hall–Kier alpha value is -1.44. The van der Waals surface area contributed by atoms with Gasteiger partial charge in [0.25, 0.3) is 6.43 Å². The number of halogens is 2. The molecule has 0 aromatic heterocycles. The normalized spacial score (nSPS) is 22.6. The molecule has 0 aliphatic heterocycles. The van der Waals surface area contributed by atoms with Crippen LogP contribution in [0.25, 0.3) is 0 Å². The number of rotatable bonds is 6. The number of urea groups is 1. The molecular weight excluding hydrogens is 274 g/mol. The molecule has 0 heterocycles. The molecule has 8 heteroatoms. The summed E-state index contributed by atoms with van der Waals surface area (Å²) in [6.07, 6.45) is -0.686. The zero-order chi connectivity index (χ0) is 15.1. The number of amides is 2. The Labute approximate surface area is 115 Å². The number of carboxylic acids is 1. The van der Waals surface area contributed by atoms with E-state index >= 15 is 0 Å². The third-order valence-corrected chi connectivity index (χ3v) is 3.42. The van der Waals surface area contributed by atoms with Crippen LogP contribution in [0, 0.1) is 5.92 Å². The minimum atomic E-state index is -2.66. The van der Waals surface area contributed by atoms with Crippen molar-refractivity contribution in [3.8, 4) is 0 Å². The number of aliphatic hydroxyl groups is 1. The number of aliphatic carboxylic acids is 1. The fraction of sp³-hybridized carbons (Fsp3) is 0.833. The Morgan fingerprint density at radius 3 is 2.30 bits per heavy atom. The number of carboxylic acid groups (broad SMARTS) is 1. The number of carbonyl (C=O) groups is 2. The van der Waals surface area contributed by atoms with E-state index in [1.807, 2.05) is 0 Å². The first-order valence-electron chi connectivity index (χ1n) is 6.61. The second-order valence-corrected chi connectivity index (χ2v) is 4.90. The zero-order valence-electron chi connectivity index (χ0n) is 11.1. The number of alkyl halides is 2. The second-order valence-electron chi connectivity index (χ2n) is 4.90. The summed E-state index contributed by atoms with van der Waals surface area (Å²) in [7, 11) is 0. The standard InChI is InChI=1S/C12H20F2N2O4/c13-10(14)7-16(5-6-17)12(20)15-9-3-1-8(2-4-9)11(18)19/h8-10,17H,1-7H2,(H,15,20)(H,18,19). The first-order valence-corrected chi connectivity index (χ1v) is 6.61. The molecule has 1 aliphatic carbocycles. The van der Waals surface area contributed by atoms with Crippen LogP contribution in [0.1, 0.15) is 25.7 Å². The summed E-state index contributed by atoms with van der Waals surface area (Å²) in [6.45, 7) is -1.26. The van der Waals surface area contributed by atoms with Gasteiger partial charge in [0.2, 0.25) is 0 Å². The molecule has 0 atom stereocenters. The van der Waals surface area contributed by atoms with Crippen molar-refractivity contribution in [3.05, 3.63) is 0 Å². The van der Waals surface area contributed by atoms with Gasteiger partial charge in [-0.1, -0.05) is 0 Å². The molecule has 0 bridgehead atoms. The van der Waals surface area contributed by atoms with Crippen LogP contribution < -0.4 is 5.32 Å². The van der Waals surface area contributed by atoms with Gasteiger partial charge in [-0.2, -0.15) is 0 Å². The summed E-state index contributed by atoms with van der Waals surface area (Å²) in [5.74, 6) is -1.23. The third kappa shape index (κ3) is 5.28. The average molecular weight is 294 g/mol. The molecule has 20 heavy (non-hydrogen) atoms. The smallest absolute Gasteiger partial charge is 0.317 e. The minimum absolute atomic E-state index is 0.152. The Morgan fingerprint density at radius 1 is 1.25 bits per heavy atom. The Bertz CT molecular complexity index is 333. The lowest BCUT2D eigenvalue weighted by Gasteiger charge is -2.29. The molecule has 0 aromatic carbocycles. The van der Waals surface area contributed by atoms with Crippen LogP contribution in [-0.2, 0) is 4.79 Å². The average Bonchev–Trinajstić information content (AvgIpc) is 2.38. The number of hydrogen-bond acceptors (Lipinski definition) is 3. The monoisotopic (exact) mass is 294 g/mol. The first-order chi connectivity index (χ1) is 9.43. The van der Waals surface area contributed by atoms with Gasteiger partial charge in [0.05, 0.1) is 19.1 Å².